The minimum atomic E-state index is -0.584. The molecule has 3 amide bonds. The lowest BCUT2D eigenvalue weighted by Crippen LogP contribution is -2.59. The zero-order chi connectivity index (χ0) is 24.9. The van der Waals surface area contributed by atoms with Crippen LogP contribution in [0.5, 0.6) is 0 Å². The number of rotatable bonds is 3. The number of nitrogens with zero attached hydrogens (tertiary/aromatic N) is 3. The van der Waals surface area contributed by atoms with E-state index >= 15 is 0 Å². The second-order valence-corrected chi connectivity index (χ2v) is 11.7. The van der Waals surface area contributed by atoms with Crippen molar-refractivity contribution in [1.82, 2.24) is 14.7 Å². The van der Waals surface area contributed by atoms with E-state index < -0.39 is 5.60 Å². The van der Waals surface area contributed by atoms with Crippen LogP contribution in [0.4, 0.5) is 4.79 Å². The Kier molecular flexibility index (Phi) is 6.74. The third kappa shape index (κ3) is 4.64. The van der Waals surface area contributed by atoms with Gasteiger partial charge in [0.15, 0.2) is 0 Å². The van der Waals surface area contributed by atoms with Crippen molar-refractivity contribution in [3.05, 3.63) is 0 Å². The summed E-state index contributed by atoms with van der Waals surface area (Å²) < 4.78 is 17.1. The van der Waals surface area contributed by atoms with Crippen LogP contribution in [-0.2, 0) is 23.8 Å². The highest BCUT2D eigenvalue weighted by Crippen LogP contribution is 2.44. The average molecular weight is 494 g/mol. The van der Waals surface area contributed by atoms with Crippen molar-refractivity contribution in [3.63, 3.8) is 0 Å². The number of carbonyl (C=O) groups excluding carboxylic acids is 3. The molecule has 5 fully saturated rings. The zero-order valence-electron chi connectivity index (χ0n) is 21.1. The SMILES string of the molecule is CC(C)(C)OC(=O)N1[C@H]2CC[C@H]1[C@H](C(=O)N1C[C@@H](C(=O)N3CCOC[C@H]3CO)C[C@H]3OCC[C@H]31)C2. The fraction of sp³-hybridized carbons (Fsp3) is 0.880. The van der Waals surface area contributed by atoms with Crippen LogP contribution in [0.2, 0.25) is 0 Å². The van der Waals surface area contributed by atoms with E-state index in [1.807, 2.05) is 25.7 Å². The summed E-state index contributed by atoms with van der Waals surface area (Å²) in [5, 5.41) is 9.74. The van der Waals surface area contributed by atoms with Gasteiger partial charge in [-0.1, -0.05) is 0 Å². The number of hydrogen-bond acceptors (Lipinski definition) is 7. The number of aliphatic hydroxyl groups excluding tert-OH is 1. The summed E-state index contributed by atoms with van der Waals surface area (Å²) >= 11 is 0. The van der Waals surface area contributed by atoms with Crippen molar-refractivity contribution in [2.75, 3.05) is 39.5 Å². The molecule has 196 valence electrons. The highest BCUT2D eigenvalue weighted by atomic mass is 16.6. The van der Waals surface area contributed by atoms with Gasteiger partial charge in [-0.15, -0.1) is 0 Å². The van der Waals surface area contributed by atoms with Gasteiger partial charge in [-0.25, -0.2) is 4.79 Å². The minimum Gasteiger partial charge on any atom is -0.444 e. The Bertz CT molecular complexity index is 845. The number of morpholine rings is 1. The smallest absolute Gasteiger partial charge is 0.410 e. The number of piperidine rings is 1. The number of ether oxygens (including phenoxy) is 3. The van der Waals surface area contributed by atoms with E-state index in [-0.39, 0.29) is 66.6 Å². The summed E-state index contributed by atoms with van der Waals surface area (Å²) in [6.45, 7) is 7.58. The van der Waals surface area contributed by atoms with Crippen molar-refractivity contribution in [1.29, 1.82) is 0 Å². The molecule has 10 heteroatoms. The summed E-state index contributed by atoms with van der Waals surface area (Å²) in [6, 6.07) is -0.507. The fourth-order valence-electron chi connectivity index (χ4n) is 6.78. The fourth-order valence-corrected chi connectivity index (χ4v) is 6.78. The van der Waals surface area contributed by atoms with Gasteiger partial charge in [0.2, 0.25) is 11.8 Å². The summed E-state index contributed by atoms with van der Waals surface area (Å²) in [6.07, 6.45) is 3.20. The molecule has 2 bridgehead atoms. The summed E-state index contributed by atoms with van der Waals surface area (Å²) in [7, 11) is 0. The maximum absolute atomic E-state index is 14.0. The van der Waals surface area contributed by atoms with Crippen molar-refractivity contribution < 1.29 is 33.7 Å². The number of carbonyl (C=O) groups is 3. The first-order valence-electron chi connectivity index (χ1n) is 13.1. The molecule has 1 N–H and O–H groups in total. The molecule has 0 unspecified atom stereocenters. The third-order valence-electron chi connectivity index (χ3n) is 8.32. The van der Waals surface area contributed by atoms with Crippen LogP contribution in [0.15, 0.2) is 0 Å². The van der Waals surface area contributed by atoms with Gasteiger partial charge in [0, 0.05) is 31.8 Å². The monoisotopic (exact) mass is 493 g/mol. The third-order valence-corrected chi connectivity index (χ3v) is 8.32. The van der Waals surface area contributed by atoms with E-state index in [0.717, 1.165) is 19.3 Å². The Morgan fingerprint density at radius 1 is 1.00 bits per heavy atom. The molecule has 5 aliphatic rings. The van der Waals surface area contributed by atoms with Crippen molar-refractivity contribution in [2.24, 2.45) is 11.8 Å². The largest absolute Gasteiger partial charge is 0.444 e. The van der Waals surface area contributed by atoms with Crippen LogP contribution >= 0.6 is 0 Å². The van der Waals surface area contributed by atoms with Crippen LogP contribution in [0.25, 0.3) is 0 Å². The summed E-state index contributed by atoms with van der Waals surface area (Å²) in [5.74, 6) is -0.650. The van der Waals surface area contributed by atoms with E-state index in [9.17, 15) is 19.5 Å². The molecule has 0 aromatic heterocycles. The van der Waals surface area contributed by atoms with Crippen LogP contribution in [0.3, 0.4) is 0 Å². The van der Waals surface area contributed by atoms with Gasteiger partial charge >= 0.3 is 6.09 Å². The molecule has 5 saturated heterocycles. The van der Waals surface area contributed by atoms with E-state index in [0.29, 0.717) is 45.8 Å². The summed E-state index contributed by atoms with van der Waals surface area (Å²) in [4.78, 5) is 45.8. The Labute approximate surface area is 206 Å². The molecule has 7 atom stereocenters. The lowest BCUT2D eigenvalue weighted by Gasteiger charge is -2.44. The molecular formula is C25H39N3O7. The van der Waals surface area contributed by atoms with E-state index in [1.54, 1.807) is 9.80 Å². The van der Waals surface area contributed by atoms with E-state index in [1.165, 1.54) is 0 Å². The van der Waals surface area contributed by atoms with Gasteiger partial charge in [-0.2, -0.15) is 0 Å². The van der Waals surface area contributed by atoms with E-state index in [4.69, 9.17) is 14.2 Å². The van der Waals surface area contributed by atoms with Crippen LogP contribution in [0, 0.1) is 11.8 Å². The number of fused-ring (bicyclic) bond motifs is 3. The predicted molar refractivity (Wildman–Crippen MR) is 124 cm³/mol. The topological polar surface area (TPSA) is 109 Å². The normalized spacial score (nSPS) is 36.9. The van der Waals surface area contributed by atoms with Gasteiger partial charge in [0.1, 0.15) is 5.60 Å². The second kappa shape index (κ2) is 9.52. The Balaban J connectivity index is 1.31. The number of amides is 3. The molecule has 5 rings (SSSR count). The van der Waals surface area contributed by atoms with Crippen LogP contribution < -0.4 is 0 Å². The van der Waals surface area contributed by atoms with Crippen molar-refractivity contribution >= 4 is 17.9 Å². The summed E-state index contributed by atoms with van der Waals surface area (Å²) in [5.41, 5.74) is -0.584. The molecule has 0 radical (unpaired) electrons. The first-order valence-corrected chi connectivity index (χ1v) is 13.1. The minimum absolute atomic E-state index is 0.0281. The lowest BCUT2D eigenvalue weighted by atomic mass is 9.84. The molecule has 0 aromatic carbocycles. The molecule has 0 aromatic rings. The Morgan fingerprint density at radius 2 is 1.80 bits per heavy atom. The molecule has 0 saturated carbocycles. The maximum atomic E-state index is 14.0. The van der Waals surface area contributed by atoms with Gasteiger partial charge < -0.3 is 34.0 Å². The second-order valence-electron chi connectivity index (χ2n) is 11.7. The number of aliphatic hydroxyl groups is 1. The van der Waals surface area contributed by atoms with Gasteiger partial charge in [0.25, 0.3) is 0 Å². The van der Waals surface area contributed by atoms with Crippen molar-refractivity contribution in [3.8, 4) is 0 Å². The quantitative estimate of drug-likeness (QED) is 0.625. The van der Waals surface area contributed by atoms with Crippen LogP contribution in [-0.4, -0.2) is 113 Å². The first kappa shape index (κ1) is 24.8. The lowest BCUT2D eigenvalue weighted by molar-refractivity contribution is -0.155. The first-order chi connectivity index (χ1) is 16.7. The maximum Gasteiger partial charge on any atom is 0.410 e. The standard InChI is InChI=1S/C25H39N3O7/c1-25(2,3)35-24(32)28-16-4-5-19(28)18(11-16)23(31)27-12-15(10-21-20(27)6-8-34-21)22(30)26-7-9-33-14-17(26)13-29/h15-21,29H,4-14H2,1-3H3/t15-,16-,17+,18+,19-,20+,21+/m0/s1. The van der Waals surface area contributed by atoms with Gasteiger partial charge in [0.05, 0.1) is 49.8 Å². The zero-order valence-corrected chi connectivity index (χ0v) is 21.1. The van der Waals surface area contributed by atoms with Crippen LogP contribution in [0.1, 0.15) is 52.9 Å². The number of hydrogen-bond donors (Lipinski definition) is 1. The average Bonchev–Trinajstić information content (AvgIpc) is 3.55. The van der Waals surface area contributed by atoms with Crippen molar-refractivity contribution in [2.45, 2.75) is 88.7 Å². The Morgan fingerprint density at radius 3 is 2.54 bits per heavy atom. The molecule has 0 spiro atoms. The van der Waals surface area contributed by atoms with E-state index in [2.05, 4.69) is 0 Å². The highest BCUT2D eigenvalue weighted by molar-refractivity contribution is 5.85. The molecule has 5 heterocycles. The van der Waals surface area contributed by atoms with Gasteiger partial charge in [-0.3, -0.25) is 9.59 Å². The highest BCUT2D eigenvalue weighted by Gasteiger charge is 2.55. The van der Waals surface area contributed by atoms with Gasteiger partial charge in [-0.05, 0) is 52.9 Å². The molecule has 35 heavy (non-hydrogen) atoms. The molecule has 5 aliphatic heterocycles. The molecular weight excluding hydrogens is 454 g/mol. The molecule has 10 nitrogen and oxygen atoms in total. The number of likely N-dealkylation sites (tertiary alicyclic amines) is 1. The Hall–Kier alpha value is -1.91. The molecule has 0 aliphatic carbocycles. The predicted octanol–water partition coefficient (Wildman–Crippen LogP) is 1.00.